The van der Waals surface area contributed by atoms with Crippen LogP contribution in [-0.2, 0) is 1.41 Å². The summed E-state index contributed by atoms with van der Waals surface area (Å²) in [5, 5.41) is 0. The van der Waals surface area contributed by atoms with Gasteiger partial charge >= 0.3 is 167 Å². The van der Waals surface area contributed by atoms with E-state index in [2.05, 4.69) is 20.8 Å². The van der Waals surface area contributed by atoms with E-state index in [1.165, 1.54) is 98.8 Å². The molecule has 0 aromatic carbocycles. The van der Waals surface area contributed by atoms with Gasteiger partial charge in [-0.3, -0.25) is 0 Å². The first-order valence-corrected chi connectivity index (χ1v) is 20.3. The van der Waals surface area contributed by atoms with Gasteiger partial charge in [0.05, 0.1) is 0 Å². The zero-order valence-electron chi connectivity index (χ0n) is 16.9. The van der Waals surface area contributed by atoms with E-state index in [-0.39, 0.29) is 0 Å². The predicted molar refractivity (Wildman–Crippen MR) is 113 cm³/mol. The third-order valence-corrected chi connectivity index (χ3v) is 35.3. The Kier molecular flexibility index (Phi) is 19.6. The molecule has 0 aromatic rings. The van der Waals surface area contributed by atoms with Gasteiger partial charge in [0.15, 0.2) is 0 Å². The van der Waals surface area contributed by atoms with Gasteiger partial charge < -0.3 is 0 Å². The summed E-state index contributed by atoms with van der Waals surface area (Å²) in [6, 6.07) is 0. The van der Waals surface area contributed by atoms with Crippen molar-refractivity contribution in [1.82, 2.24) is 0 Å². The molecule has 0 saturated heterocycles. The van der Waals surface area contributed by atoms with Crippen molar-refractivity contribution in [3.63, 3.8) is 0 Å². The van der Waals surface area contributed by atoms with Crippen LogP contribution in [-0.4, -0.2) is 41.7 Å². The molecular weight excluding hydrogens is 494 g/mol. The van der Waals surface area contributed by atoms with Gasteiger partial charge in [-0.2, -0.15) is 0 Å². The average Bonchev–Trinajstić information content (AvgIpc) is 2.58. The van der Waals surface area contributed by atoms with Crippen LogP contribution in [0.5, 0.6) is 0 Å². The van der Waals surface area contributed by atoms with E-state index in [1.54, 1.807) is 4.44 Å². The van der Waals surface area contributed by atoms with E-state index in [0.29, 0.717) is 22.9 Å². The van der Waals surface area contributed by atoms with Crippen LogP contribution in [0.25, 0.3) is 0 Å². The molecule has 0 rings (SSSR count). The second-order valence-electron chi connectivity index (χ2n) is 7.53. The quantitative estimate of drug-likeness (QED) is 0.138. The van der Waals surface area contributed by atoms with Crippen LogP contribution in [0, 0.1) is 0 Å². The Morgan fingerprint density at radius 1 is 0.522 bits per heavy atom. The van der Waals surface area contributed by atoms with Crippen molar-refractivity contribution in [3.05, 3.63) is 0 Å². The fraction of sp³-hybridized carbons (Fsp3) is 1.00. The molecule has 0 bridgehead atoms. The maximum atomic E-state index is 6.44. The number of hydrogen-bond donors (Lipinski definition) is 0. The van der Waals surface area contributed by atoms with Gasteiger partial charge in [0, 0.05) is 0 Å². The topological polar surface area (TPSA) is 9.23 Å². The van der Waals surface area contributed by atoms with E-state index in [1.807, 2.05) is 0 Å². The summed E-state index contributed by atoms with van der Waals surface area (Å²) in [5.41, 5.74) is 0. The molecule has 1 nitrogen and oxygen atoms in total. The summed E-state index contributed by atoms with van der Waals surface area (Å²) in [5.74, 6) is 0. The fourth-order valence-electron chi connectivity index (χ4n) is 3.61. The van der Waals surface area contributed by atoms with Gasteiger partial charge in [-0.1, -0.05) is 0 Å². The van der Waals surface area contributed by atoms with E-state index >= 15 is 0 Å². The monoisotopic (exact) mass is 542 g/mol. The average molecular weight is 540 g/mol. The van der Waals surface area contributed by atoms with E-state index in [4.69, 9.17) is 1.41 Å². The Bertz CT molecular complexity index is 226. The molecule has 140 valence electrons. The first-order valence-electron chi connectivity index (χ1n) is 10.8. The first-order chi connectivity index (χ1) is 11.2. The number of unbranched alkanes of at least 4 members (excludes halogenated alkanes) is 11. The molecule has 0 fully saturated rings. The zero-order valence-corrected chi connectivity index (χ0v) is 25.5. The molecule has 0 amide bonds. The van der Waals surface area contributed by atoms with E-state index in [0.717, 1.165) is 0 Å². The van der Waals surface area contributed by atoms with Crippen molar-refractivity contribution < 1.29 is 1.41 Å². The molecule has 0 N–H and O–H groups in total. The standard InChI is InChI=1S/C12H25.2C4H9.O.2Sn.3H/c1-3-5-7-9-11-12-10-8-6-4-2;2*1-3-4-2;;;;;;/h1,3-12H2,2H3;2*1,3-4H2,2H3;;;;;;. The van der Waals surface area contributed by atoms with E-state index < -0.39 is 18.8 Å². The van der Waals surface area contributed by atoms with Gasteiger partial charge in [0.25, 0.3) is 0 Å². The fourth-order valence-corrected chi connectivity index (χ4v) is 27.5. The van der Waals surface area contributed by atoms with Crippen LogP contribution >= 0.6 is 0 Å². The van der Waals surface area contributed by atoms with Crippen molar-refractivity contribution in [3.8, 4) is 0 Å². The van der Waals surface area contributed by atoms with Gasteiger partial charge in [-0.05, 0) is 0 Å². The Morgan fingerprint density at radius 2 is 0.870 bits per heavy atom. The second kappa shape index (κ2) is 18.4. The minimum atomic E-state index is -2.12. The summed E-state index contributed by atoms with van der Waals surface area (Å²) >= 11 is -1.66. The van der Waals surface area contributed by atoms with Crippen LogP contribution in [0.15, 0.2) is 0 Å². The van der Waals surface area contributed by atoms with Gasteiger partial charge in [0.2, 0.25) is 0 Å². The Balaban J connectivity index is 3.76. The molecule has 0 spiro atoms. The van der Waals surface area contributed by atoms with Crippen LogP contribution in [0.3, 0.4) is 0 Å². The Labute approximate surface area is 166 Å². The predicted octanol–water partition coefficient (Wildman–Crippen LogP) is 6.75. The van der Waals surface area contributed by atoms with Crippen molar-refractivity contribution in [2.24, 2.45) is 0 Å². The molecule has 3 heteroatoms. The summed E-state index contributed by atoms with van der Waals surface area (Å²) in [6.45, 7) is 6.99. The number of hydrogen-bond acceptors (Lipinski definition) is 1. The molecule has 0 unspecified atom stereocenters. The molecule has 0 aliphatic rings. The molecule has 0 aliphatic heterocycles. The van der Waals surface area contributed by atoms with Crippen molar-refractivity contribution in [2.75, 3.05) is 0 Å². The minimum absolute atomic E-state index is 0.459. The second-order valence-corrected chi connectivity index (χ2v) is 27.5. The van der Waals surface area contributed by atoms with Gasteiger partial charge in [0.1, 0.15) is 0 Å². The molecule has 0 saturated carbocycles. The third kappa shape index (κ3) is 14.4. The molecule has 0 heterocycles. The molecule has 0 aromatic heterocycles. The first kappa shape index (κ1) is 24.6. The molecule has 23 heavy (non-hydrogen) atoms. The van der Waals surface area contributed by atoms with Crippen LogP contribution in [0.1, 0.15) is 111 Å². The van der Waals surface area contributed by atoms with Gasteiger partial charge in [-0.15, -0.1) is 0 Å². The van der Waals surface area contributed by atoms with E-state index in [9.17, 15) is 0 Å². The van der Waals surface area contributed by atoms with Crippen LogP contribution in [0.2, 0.25) is 13.3 Å². The zero-order chi connectivity index (χ0) is 17.2. The summed E-state index contributed by atoms with van der Waals surface area (Å²) in [6.07, 6.45) is 20.2. The Morgan fingerprint density at radius 3 is 1.26 bits per heavy atom. The number of rotatable bonds is 18. The van der Waals surface area contributed by atoms with Crippen molar-refractivity contribution in [2.45, 2.75) is 124 Å². The van der Waals surface area contributed by atoms with Crippen molar-refractivity contribution >= 4 is 41.7 Å². The summed E-state index contributed by atoms with van der Waals surface area (Å²) in [7, 11) is 0. The van der Waals surface area contributed by atoms with Crippen LogP contribution in [0.4, 0.5) is 0 Å². The molecule has 0 aliphatic carbocycles. The maximum absolute atomic E-state index is 6.44. The summed E-state index contributed by atoms with van der Waals surface area (Å²) < 4.78 is 11.0. The van der Waals surface area contributed by atoms with Gasteiger partial charge in [-0.25, -0.2) is 0 Å². The Hall–Kier alpha value is 1.56. The third-order valence-electron chi connectivity index (χ3n) is 5.39. The normalized spacial score (nSPS) is 12.1. The SMILES string of the molecule is CCCCCCCCCCC[CH2][Sn]([CH2]CCC)([CH2]CCC)[O][SnH3]. The van der Waals surface area contributed by atoms with Crippen LogP contribution < -0.4 is 0 Å². The summed E-state index contributed by atoms with van der Waals surface area (Å²) in [4.78, 5) is 0. The van der Waals surface area contributed by atoms with Crippen molar-refractivity contribution in [1.29, 1.82) is 0 Å². The molecular formula is C20H46OSn2. The molecule has 0 atom stereocenters. The molecule has 0 radical (unpaired) electrons.